The zero-order chi connectivity index (χ0) is 46.8. The molecule has 354 valence electrons. The van der Waals surface area contributed by atoms with Crippen molar-refractivity contribution in [3.05, 3.63) is 58.7 Å². The average Bonchev–Trinajstić information content (AvgIpc) is 3.83. The van der Waals surface area contributed by atoms with Crippen LogP contribution in [0, 0.1) is 13.8 Å². The summed E-state index contributed by atoms with van der Waals surface area (Å²) in [6, 6.07) is 12.0. The van der Waals surface area contributed by atoms with E-state index in [1.807, 2.05) is 60.6 Å². The van der Waals surface area contributed by atoms with E-state index in [1.165, 1.54) is 29.3 Å². The van der Waals surface area contributed by atoms with Crippen LogP contribution in [0.4, 0.5) is 21.0 Å². The van der Waals surface area contributed by atoms with Gasteiger partial charge in [-0.05, 0) is 103 Å². The van der Waals surface area contributed by atoms with Gasteiger partial charge in [-0.1, -0.05) is 18.2 Å². The van der Waals surface area contributed by atoms with Gasteiger partial charge in [-0.15, -0.1) is 0 Å². The molecule has 0 bridgehead atoms. The Labute approximate surface area is 376 Å². The summed E-state index contributed by atoms with van der Waals surface area (Å²) in [7, 11) is -6.39. The van der Waals surface area contributed by atoms with Gasteiger partial charge in [0.05, 0.1) is 12.5 Å². The van der Waals surface area contributed by atoms with Crippen molar-refractivity contribution in [1.29, 1.82) is 0 Å². The second kappa shape index (κ2) is 22.3. The van der Waals surface area contributed by atoms with E-state index in [4.69, 9.17) is 9.47 Å². The molecular weight excluding hydrogens is 849 g/mol. The first-order valence-corrected chi connectivity index (χ1v) is 25.5. The maximum atomic E-state index is 12.3. The van der Waals surface area contributed by atoms with Crippen LogP contribution in [0.2, 0.25) is 0 Å². The predicted molar refractivity (Wildman–Crippen MR) is 249 cm³/mol. The Hall–Kier alpha value is -4.01. The zero-order valence-electron chi connectivity index (χ0n) is 39.0. The highest BCUT2D eigenvalue weighted by atomic mass is 32.2. The van der Waals surface area contributed by atoms with Crippen LogP contribution in [-0.2, 0) is 36.1 Å². The minimum atomic E-state index is -3.21. The molecule has 63 heavy (non-hydrogen) atoms. The maximum Gasteiger partial charge on any atom is 0.410 e. The molecule has 2 amide bonds. The number of anilines is 2. The first kappa shape index (κ1) is 51.6. The molecule has 2 atom stereocenters. The Balaban J connectivity index is 0.000000230. The van der Waals surface area contributed by atoms with E-state index < -0.39 is 25.6 Å². The molecule has 4 heterocycles. The number of carbonyl (C=O) groups excluding carboxylic acids is 3. The van der Waals surface area contributed by atoms with Gasteiger partial charge in [0, 0.05) is 114 Å². The minimum absolute atomic E-state index is 0.0549. The summed E-state index contributed by atoms with van der Waals surface area (Å²) in [5, 5.41) is 3.18. The largest absolute Gasteiger partial charge is 0.444 e. The van der Waals surface area contributed by atoms with Crippen molar-refractivity contribution in [2.24, 2.45) is 0 Å². The average molecular weight is 921 g/mol. The maximum absolute atomic E-state index is 12.3. The lowest BCUT2D eigenvalue weighted by Crippen LogP contribution is -2.49. The highest BCUT2D eigenvalue weighted by molar-refractivity contribution is 7.89. The van der Waals surface area contributed by atoms with Crippen molar-refractivity contribution < 1.29 is 40.7 Å². The Bertz CT molecular complexity index is 2080. The highest BCUT2D eigenvalue weighted by Crippen LogP contribution is 2.29. The fraction of sp³-hybridized carbons (Fsp3) is 0.659. The number of ether oxygens (including phenoxy) is 2. The summed E-state index contributed by atoms with van der Waals surface area (Å²) in [5.41, 5.74) is 5.34. The minimum Gasteiger partial charge on any atom is -0.444 e. The fourth-order valence-electron chi connectivity index (χ4n) is 7.72. The molecule has 17 nitrogen and oxygen atoms in total. The van der Waals surface area contributed by atoms with Gasteiger partial charge >= 0.3 is 12.2 Å². The van der Waals surface area contributed by atoms with Gasteiger partial charge in [0.25, 0.3) is 0 Å². The summed E-state index contributed by atoms with van der Waals surface area (Å²) in [4.78, 5) is 45.1. The third-order valence-corrected chi connectivity index (χ3v) is 12.1. The van der Waals surface area contributed by atoms with E-state index in [-0.39, 0.29) is 29.9 Å². The molecule has 2 aromatic carbocycles. The summed E-state index contributed by atoms with van der Waals surface area (Å²) in [6.07, 6.45) is 4.32. The Morgan fingerprint density at radius 3 is 1.59 bits per heavy atom. The van der Waals surface area contributed by atoms with Crippen molar-refractivity contribution in [2.45, 2.75) is 98.1 Å². The summed E-state index contributed by atoms with van der Waals surface area (Å²) in [5.74, 6) is 0. The summed E-state index contributed by atoms with van der Waals surface area (Å²) >= 11 is 0. The second-order valence-electron chi connectivity index (χ2n) is 18.9. The van der Waals surface area contributed by atoms with E-state index in [0.29, 0.717) is 31.7 Å². The van der Waals surface area contributed by atoms with Crippen LogP contribution in [0.15, 0.2) is 36.4 Å². The molecule has 19 heteroatoms. The molecule has 4 fully saturated rings. The van der Waals surface area contributed by atoms with E-state index in [1.54, 1.807) is 15.9 Å². The van der Waals surface area contributed by atoms with Gasteiger partial charge in [-0.3, -0.25) is 9.69 Å². The number of hydrogen-bond acceptors (Lipinski definition) is 13. The Kier molecular flexibility index (Phi) is 18.2. The lowest BCUT2D eigenvalue weighted by molar-refractivity contribution is 0.0138. The van der Waals surface area contributed by atoms with Crippen molar-refractivity contribution in [1.82, 2.24) is 29.5 Å². The number of amides is 2. The number of hydrogen-bond donors (Lipinski definition) is 3. The van der Waals surface area contributed by atoms with Crippen LogP contribution in [0.1, 0.15) is 81.4 Å². The molecule has 3 N–H and O–H groups in total. The molecule has 0 aromatic heterocycles. The number of nitrogens with one attached hydrogen (secondary N) is 3. The van der Waals surface area contributed by atoms with E-state index >= 15 is 0 Å². The number of benzene rings is 2. The third-order valence-electron chi connectivity index (χ3n) is 10.6. The van der Waals surface area contributed by atoms with Crippen molar-refractivity contribution in [3.8, 4) is 0 Å². The van der Waals surface area contributed by atoms with E-state index in [9.17, 15) is 31.2 Å². The van der Waals surface area contributed by atoms with Gasteiger partial charge in [0.2, 0.25) is 20.0 Å². The van der Waals surface area contributed by atoms with Crippen LogP contribution in [-0.4, -0.2) is 164 Å². The van der Waals surface area contributed by atoms with Gasteiger partial charge in [0.15, 0.2) is 6.29 Å². The molecule has 0 saturated carbocycles. The van der Waals surface area contributed by atoms with E-state index in [2.05, 4.69) is 54.6 Å². The van der Waals surface area contributed by atoms with Crippen LogP contribution < -0.4 is 24.6 Å². The molecule has 6 rings (SSSR count). The lowest BCUT2D eigenvalue weighted by Gasteiger charge is -2.36. The molecule has 4 aliphatic heterocycles. The molecule has 4 saturated heterocycles. The van der Waals surface area contributed by atoms with Crippen molar-refractivity contribution in [3.63, 3.8) is 0 Å². The fourth-order valence-corrected chi connectivity index (χ4v) is 9.31. The monoisotopic (exact) mass is 920 g/mol. The Morgan fingerprint density at radius 2 is 1.13 bits per heavy atom. The molecule has 2 aromatic rings. The van der Waals surface area contributed by atoms with Crippen LogP contribution in [0.5, 0.6) is 0 Å². The number of carbonyl (C=O) groups is 3. The van der Waals surface area contributed by atoms with Crippen LogP contribution in [0.3, 0.4) is 0 Å². The molecule has 0 aliphatic carbocycles. The van der Waals surface area contributed by atoms with E-state index in [0.717, 1.165) is 89.3 Å². The SMILES string of the molecule is CC(C)(C)OC(=O)N1CCNCC1.Cc1ccc(C=O)c(N2CC[C@@H](NS(C)(=O)=O)C2)c1.Cc1ccc(CN2CCN(C(=O)OC(C)(C)C)CC2)c(N2CC[C@@H](NS(C)(=O)=O)C2)c1. The Morgan fingerprint density at radius 1 is 0.683 bits per heavy atom. The smallest absolute Gasteiger partial charge is 0.410 e. The number of sulfonamides is 2. The first-order valence-electron chi connectivity index (χ1n) is 21.8. The molecular formula is C44H72N8O9S2. The van der Waals surface area contributed by atoms with Gasteiger partial charge in [0.1, 0.15) is 11.2 Å². The van der Waals surface area contributed by atoms with Crippen molar-refractivity contribution in [2.75, 3.05) is 101 Å². The number of rotatable bonds is 9. The summed E-state index contributed by atoms with van der Waals surface area (Å²) < 4.78 is 61.7. The molecule has 0 spiro atoms. The van der Waals surface area contributed by atoms with Crippen LogP contribution >= 0.6 is 0 Å². The van der Waals surface area contributed by atoms with Crippen LogP contribution in [0.25, 0.3) is 0 Å². The zero-order valence-corrected chi connectivity index (χ0v) is 40.7. The lowest BCUT2D eigenvalue weighted by atomic mass is 10.1. The number of aryl methyl sites for hydroxylation is 2. The van der Waals surface area contributed by atoms with Gasteiger partial charge in [-0.25, -0.2) is 35.9 Å². The normalized spacial score (nSPS) is 20.0. The molecule has 0 unspecified atom stereocenters. The topological polar surface area (TPSA) is 190 Å². The first-order chi connectivity index (χ1) is 29.3. The van der Waals surface area contributed by atoms with Crippen molar-refractivity contribution >= 4 is 49.9 Å². The number of aldehydes is 1. The molecule has 0 radical (unpaired) electrons. The number of nitrogens with zero attached hydrogens (tertiary/aromatic N) is 5. The van der Waals surface area contributed by atoms with Gasteiger partial charge in [-0.2, -0.15) is 0 Å². The highest BCUT2D eigenvalue weighted by Gasteiger charge is 2.30. The standard InChI is InChI=1S/C22H36N4O4S.C13H18N2O3S.C9H18N2O2/c1-17-6-7-18(20(14-17)26-9-8-19(16-26)23-31(5,28)29)15-24-10-12-25(13-11-24)21(27)30-22(2,3)4;1-10-3-4-11(9-16)13(7-10)15-6-5-12(8-15)14-19(2,17)18;1-9(2,3)13-8(12)11-6-4-10-5-7-11/h6-7,14,19,23H,8-13,15-16H2,1-5H3;3-4,7,9,12,14H,5-6,8H2,1-2H3;10H,4-7H2,1-3H3/t19-;12-;/m11./s1. The predicted octanol–water partition coefficient (Wildman–Crippen LogP) is 3.94. The second-order valence-corrected chi connectivity index (χ2v) is 22.5. The number of piperazine rings is 2. The third kappa shape index (κ3) is 18.2. The molecule has 4 aliphatic rings. The quantitative estimate of drug-likeness (QED) is 0.307. The van der Waals surface area contributed by atoms with Gasteiger partial charge < -0.3 is 34.4 Å². The summed E-state index contributed by atoms with van der Waals surface area (Å²) in [6.45, 7) is 25.1.